The second-order valence-corrected chi connectivity index (χ2v) is 10.2. The van der Waals surface area contributed by atoms with Gasteiger partial charge in [-0.3, -0.25) is 9.48 Å². The molecule has 0 unspecified atom stereocenters. The molecule has 1 aromatic heterocycles. The Morgan fingerprint density at radius 1 is 1.14 bits per heavy atom. The predicted octanol–water partition coefficient (Wildman–Crippen LogP) is 2.98. The monoisotopic (exact) mass is 417 g/mol. The molecule has 1 aliphatic carbocycles. The van der Waals surface area contributed by atoms with Crippen LogP contribution in [0.2, 0.25) is 0 Å². The molecule has 2 heterocycles. The molecular formula is C21H27N3O4S. The maximum absolute atomic E-state index is 12.8. The van der Waals surface area contributed by atoms with Crippen LogP contribution in [0.5, 0.6) is 5.75 Å². The van der Waals surface area contributed by atoms with Crippen molar-refractivity contribution in [2.45, 2.75) is 50.6 Å². The predicted molar refractivity (Wildman–Crippen MR) is 111 cm³/mol. The number of methoxy groups -OCH3 is 1. The number of benzene rings is 1. The zero-order valence-corrected chi connectivity index (χ0v) is 17.5. The lowest BCUT2D eigenvalue weighted by Crippen LogP contribution is -2.36. The molecule has 2 aliphatic rings. The number of hydrogen-bond donors (Lipinski definition) is 1. The minimum absolute atomic E-state index is 0.0571. The van der Waals surface area contributed by atoms with Crippen LogP contribution in [0.3, 0.4) is 0 Å². The van der Waals surface area contributed by atoms with E-state index in [9.17, 15) is 13.2 Å². The summed E-state index contributed by atoms with van der Waals surface area (Å²) < 4.78 is 31.0. The summed E-state index contributed by atoms with van der Waals surface area (Å²) in [4.78, 5) is 12.8. The van der Waals surface area contributed by atoms with E-state index >= 15 is 0 Å². The highest BCUT2D eigenvalue weighted by Gasteiger charge is 2.32. The summed E-state index contributed by atoms with van der Waals surface area (Å²) in [5.74, 6) is 0.759. The highest BCUT2D eigenvalue weighted by Crippen LogP contribution is 2.31. The molecule has 1 aromatic carbocycles. The van der Waals surface area contributed by atoms with Crippen molar-refractivity contribution in [3.8, 4) is 17.0 Å². The van der Waals surface area contributed by atoms with Crippen LogP contribution in [0.15, 0.2) is 30.3 Å². The largest absolute Gasteiger partial charge is 0.497 e. The fourth-order valence-corrected chi connectivity index (χ4v) is 5.93. The average Bonchev–Trinajstić information content (AvgIpc) is 3.32. The molecule has 156 valence electrons. The molecule has 1 amide bonds. The first-order valence-electron chi connectivity index (χ1n) is 10.2. The van der Waals surface area contributed by atoms with Gasteiger partial charge in [-0.1, -0.05) is 19.3 Å². The van der Waals surface area contributed by atoms with Gasteiger partial charge in [0.15, 0.2) is 15.5 Å². The highest BCUT2D eigenvalue weighted by atomic mass is 32.2. The van der Waals surface area contributed by atoms with E-state index in [4.69, 9.17) is 4.74 Å². The number of aromatic nitrogens is 2. The summed E-state index contributed by atoms with van der Waals surface area (Å²) >= 11 is 0. The van der Waals surface area contributed by atoms with Crippen molar-refractivity contribution < 1.29 is 17.9 Å². The number of sulfone groups is 1. The van der Waals surface area contributed by atoms with Crippen molar-refractivity contribution in [2.75, 3.05) is 18.6 Å². The summed E-state index contributed by atoms with van der Waals surface area (Å²) in [6.45, 7) is 0. The molecular weight excluding hydrogens is 390 g/mol. The Bertz CT molecular complexity index is 976. The van der Waals surface area contributed by atoms with Crippen molar-refractivity contribution in [3.63, 3.8) is 0 Å². The number of ether oxygens (including phenoxy) is 1. The third-order valence-electron chi connectivity index (χ3n) is 5.85. The van der Waals surface area contributed by atoms with Crippen LogP contribution in [0.25, 0.3) is 11.3 Å². The van der Waals surface area contributed by atoms with Gasteiger partial charge < -0.3 is 10.1 Å². The normalized spacial score (nSPS) is 21.8. The van der Waals surface area contributed by atoms with Crippen LogP contribution < -0.4 is 10.1 Å². The maximum atomic E-state index is 12.8. The number of carbonyl (C=O) groups is 1. The second-order valence-electron chi connectivity index (χ2n) is 7.95. The maximum Gasteiger partial charge on any atom is 0.272 e. The molecule has 1 atom stereocenters. The lowest BCUT2D eigenvalue weighted by atomic mass is 9.95. The third kappa shape index (κ3) is 4.47. The standard InChI is InChI=1S/C21H27N3O4S/c1-28-18-9-7-15(8-10-18)20-13-19(21(25)22-16-5-3-2-4-6-16)23-24(20)17-11-12-29(26,27)14-17/h7-10,13,16-17H,2-6,11-12,14H2,1H3,(H,22,25)/t17-/m1/s1. The Morgan fingerprint density at radius 3 is 2.48 bits per heavy atom. The van der Waals surface area contributed by atoms with Crippen molar-refractivity contribution in [2.24, 2.45) is 0 Å². The van der Waals surface area contributed by atoms with Crippen molar-refractivity contribution in [1.29, 1.82) is 0 Å². The van der Waals surface area contributed by atoms with Gasteiger partial charge >= 0.3 is 0 Å². The number of rotatable bonds is 5. The number of amides is 1. The Kier molecular flexibility index (Phi) is 5.63. The van der Waals surface area contributed by atoms with Crippen LogP contribution in [-0.2, 0) is 9.84 Å². The topological polar surface area (TPSA) is 90.3 Å². The van der Waals surface area contributed by atoms with Gasteiger partial charge in [0.05, 0.1) is 30.4 Å². The Balaban J connectivity index is 1.65. The summed E-state index contributed by atoms with van der Waals surface area (Å²) in [5.41, 5.74) is 1.97. The first kappa shape index (κ1) is 19.9. The summed E-state index contributed by atoms with van der Waals surface area (Å²) in [6.07, 6.45) is 6.00. The number of nitrogens with one attached hydrogen (secondary N) is 1. The van der Waals surface area contributed by atoms with Crippen molar-refractivity contribution in [3.05, 3.63) is 36.0 Å². The average molecular weight is 418 g/mol. The second kappa shape index (κ2) is 8.18. The van der Waals surface area contributed by atoms with Gasteiger partial charge in [-0.2, -0.15) is 5.10 Å². The molecule has 2 aromatic rings. The molecule has 0 spiro atoms. The number of nitrogens with zero attached hydrogens (tertiary/aromatic N) is 2. The van der Waals surface area contributed by atoms with Gasteiger partial charge in [-0.25, -0.2) is 8.42 Å². The van der Waals surface area contributed by atoms with Crippen LogP contribution in [0.1, 0.15) is 55.1 Å². The minimum atomic E-state index is -3.07. The molecule has 7 nitrogen and oxygen atoms in total. The van der Waals surface area contributed by atoms with E-state index in [0.29, 0.717) is 12.1 Å². The van der Waals surface area contributed by atoms with Gasteiger partial charge in [0.2, 0.25) is 0 Å². The Morgan fingerprint density at radius 2 is 1.86 bits per heavy atom. The fourth-order valence-electron chi connectivity index (χ4n) is 4.24. The molecule has 1 saturated heterocycles. The molecule has 2 fully saturated rings. The molecule has 8 heteroatoms. The van der Waals surface area contributed by atoms with Crippen LogP contribution in [-0.4, -0.2) is 48.8 Å². The van der Waals surface area contributed by atoms with Gasteiger partial charge in [-0.05, 0) is 49.6 Å². The third-order valence-corrected chi connectivity index (χ3v) is 7.60. The van der Waals surface area contributed by atoms with E-state index in [1.807, 2.05) is 24.3 Å². The smallest absolute Gasteiger partial charge is 0.272 e. The van der Waals surface area contributed by atoms with E-state index in [1.165, 1.54) is 6.42 Å². The first-order valence-corrected chi connectivity index (χ1v) is 12.0. The van der Waals surface area contributed by atoms with Crippen molar-refractivity contribution in [1.82, 2.24) is 15.1 Å². The molecule has 0 radical (unpaired) electrons. The minimum Gasteiger partial charge on any atom is -0.497 e. The SMILES string of the molecule is COc1ccc(-c2cc(C(=O)NC3CCCCC3)nn2[C@@H]2CCS(=O)(=O)C2)cc1. The molecule has 1 N–H and O–H groups in total. The lowest BCUT2D eigenvalue weighted by Gasteiger charge is -2.22. The number of carbonyl (C=O) groups excluding carboxylic acids is 1. The van der Waals surface area contributed by atoms with Gasteiger partial charge in [-0.15, -0.1) is 0 Å². The Labute approximate surface area is 171 Å². The van der Waals surface area contributed by atoms with E-state index in [2.05, 4.69) is 10.4 Å². The van der Waals surface area contributed by atoms with E-state index in [-0.39, 0.29) is 29.5 Å². The van der Waals surface area contributed by atoms with E-state index in [1.54, 1.807) is 17.9 Å². The van der Waals surface area contributed by atoms with Crippen molar-refractivity contribution >= 4 is 15.7 Å². The quantitative estimate of drug-likeness (QED) is 0.808. The van der Waals surface area contributed by atoms with Gasteiger partial charge in [0.25, 0.3) is 5.91 Å². The van der Waals surface area contributed by atoms with Crippen LogP contribution in [0, 0.1) is 0 Å². The highest BCUT2D eigenvalue weighted by molar-refractivity contribution is 7.91. The van der Waals surface area contributed by atoms with Gasteiger partial charge in [0, 0.05) is 11.6 Å². The van der Waals surface area contributed by atoms with E-state index in [0.717, 1.165) is 42.7 Å². The summed E-state index contributed by atoms with van der Waals surface area (Å²) in [5, 5.41) is 7.65. The fraction of sp³-hybridized carbons (Fsp3) is 0.524. The van der Waals surface area contributed by atoms with Crippen LogP contribution in [0.4, 0.5) is 0 Å². The van der Waals surface area contributed by atoms with Crippen LogP contribution >= 0.6 is 0 Å². The number of hydrogen-bond acceptors (Lipinski definition) is 5. The molecule has 1 aliphatic heterocycles. The molecule has 29 heavy (non-hydrogen) atoms. The molecule has 1 saturated carbocycles. The summed E-state index contributed by atoms with van der Waals surface area (Å²) in [7, 11) is -1.46. The molecule has 0 bridgehead atoms. The van der Waals surface area contributed by atoms with E-state index < -0.39 is 9.84 Å². The zero-order chi connectivity index (χ0) is 20.4. The zero-order valence-electron chi connectivity index (χ0n) is 16.6. The molecule has 4 rings (SSSR count). The Hall–Kier alpha value is -2.35. The lowest BCUT2D eigenvalue weighted by molar-refractivity contribution is 0.0921. The first-order chi connectivity index (χ1) is 13.9. The van der Waals surface area contributed by atoms with Gasteiger partial charge in [0.1, 0.15) is 5.75 Å². The summed E-state index contributed by atoms with van der Waals surface area (Å²) in [6, 6.07) is 9.20.